The normalized spacial score (nSPS) is 10.9. The molecule has 0 spiro atoms. The third-order valence-corrected chi connectivity index (χ3v) is 2.82. The number of hydrogen-bond acceptors (Lipinski definition) is 3. The zero-order chi connectivity index (χ0) is 12.7. The Balaban J connectivity index is 2.57. The fourth-order valence-electron chi connectivity index (χ4n) is 1.62. The summed E-state index contributed by atoms with van der Waals surface area (Å²) in [5, 5.41) is 3.33. The summed E-state index contributed by atoms with van der Waals surface area (Å²) >= 11 is 0. The quantitative estimate of drug-likeness (QED) is 0.787. The molecule has 0 unspecified atom stereocenters. The van der Waals surface area contributed by atoms with Crippen LogP contribution in [0.5, 0.6) is 0 Å². The predicted molar refractivity (Wildman–Crippen MR) is 74.3 cm³/mol. The topological polar surface area (TPSA) is 28.2 Å². The zero-order valence-electron chi connectivity index (χ0n) is 11.5. The highest BCUT2D eigenvalue weighted by Crippen LogP contribution is 2.12. The maximum Gasteiger partial charge on any atom is 0.128 e. The Labute approximate surface area is 105 Å². The molecule has 0 aromatic carbocycles. The molecular formula is C14H25N3. The van der Waals surface area contributed by atoms with Crippen molar-refractivity contribution in [1.29, 1.82) is 0 Å². The molecule has 1 N–H and O–H groups in total. The van der Waals surface area contributed by atoms with E-state index in [0.29, 0.717) is 0 Å². The lowest BCUT2D eigenvalue weighted by Crippen LogP contribution is -2.21. The number of rotatable bonds is 7. The highest BCUT2D eigenvalue weighted by atomic mass is 15.2. The van der Waals surface area contributed by atoms with Crippen LogP contribution in [0.4, 0.5) is 5.82 Å². The van der Waals surface area contributed by atoms with E-state index in [-0.39, 0.29) is 0 Å². The fourth-order valence-corrected chi connectivity index (χ4v) is 1.62. The first kappa shape index (κ1) is 14.0. The standard InChI is InChI=1S/C14H25N3/c1-5-15-11-13-6-8-16-14(10-13)17(4)9-7-12(2)3/h6,8,10,12,15H,5,7,9,11H2,1-4H3. The summed E-state index contributed by atoms with van der Waals surface area (Å²) < 4.78 is 0. The fraction of sp³-hybridized carbons (Fsp3) is 0.643. The molecule has 96 valence electrons. The summed E-state index contributed by atoms with van der Waals surface area (Å²) in [6, 6.07) is 4.24. The van der Waals surface area contributed by atoms with Crippen molar-refractivity contribution in [3.8, 4) is 0 Å². The van der Waals surface area contributed by atoms with E-state index < -0.39 is 0 Å². The molecule has 3 heteroatoms. The second kappa shape index (κ2) is 7.28. The minimum absolute atomic E-state index is 0.738. The molecule has 0 radical (unpaired) electrons. The van der Waals surface area contributed by atoms with Gasteiger partial charge in [0.2, 0.25) is 0 Å². The third-order valence-electron chi connectivity index (χ3n) is 2.82. The van der Waals surface area contributed by atoms with E-state index >= 15 is 0 Å². The molecule has 3 nitrogen and oxygen atoms in total. The maximum absolute atomic E-state index is 4.42. The predicted octanol–water partition coefficient (Wildman–Crippen LogP) is 2.67. The van der Waals surface area contributed by atoms with E-state index in [9.17, 15) is 0 Å². The summed E-state index contributed by atoms with van der Waals surface area (Å²) in [7, 11) is 2.11. The molecular weight excluding hydrogens is 210 g/mol. The molecule has 0 amide bonds. The van der Waals surface area contributed by atoms with E-state index in [1.165, 1.54) is 12.0 Å². The molecule has 0 bridgehead atoms. The molecule has 0 saturated heterocycles. The van der Waals surface area contributed by atoms with Crippen LogP contribution in [0.2, 0.25) is 0 Å². The Bertz CT molecular complexity index is 323. The molecule has 1 rings (SSSR count). The first-order chi connectivity index (χ1) is 8.13. The van der Waals surface area contributed by atoms with E-state index in [2.05, 4.69) is 55.2 Å². The van der Waals surface area contributed by atoms with E-state index in [1.807, 2.05) is 6.20 Å². The SMILES string of the molecule is CCNCc1ccnc(N(C)CCC(C)C)c1. The van der Waals surface area contributed by atoms with E-state index in [4.69, 9.17) is 0 Å². The molecule has 0 aliphatic heterocycles. The molecule has 0 fully saturated rings. The zero-order valence-corrected chi connectivity index (χ0v) is 11.5. The lowest BCUT2D eigenvalue weighted by Gasteiger charge is -2.19. The van der Waals surface area contributed by atoms with Gasteiger partial charge in [0.15, 0.2) is 0 Å². The second-order valence-electron chi connectivity index (χ2n) is 4.91. The molecule has 0 atom stereocenters. The number of anilines is 1. The first-order valence-corrected chi connectivity index (χ1v) is 6.50. The van der Waals surface area contributed by atoms with Gasteiger partial charge in [-0.2, -0.15) is 0 Å². The van der Waals surface area contributed by atoms with Gasteiger partial charge in [0, 0.05) is 26.3 Å². The monoisotopic (exact) mass is 235 g/mol. The molecule has 17 heavy (non-hydrogen) atoms. The third kappa shape index (κ3) is 5.18. The summed E-state index contributed by atoms with van der Waals surface area (Å²) in [5.74, 6) is 1.81. The van der Waals surface area contributed by atoms with Crippen LogP contribution in [0.15, 0.2) is 18.3 Å². The van der Waals surface area contributed by atoms with E-state index in [0.717, 1.165) is 31.4 Å². The van der Waals surface area contributed by atoms with E-state index in [1.54, 1.807) is 0 Å². The van der Waals surface area contributed by atoms with Crippen LogP contribution in [0, 0.1) is 5.92 Å². The Kier molecular flexibility index (Phi) is 5.98. The highest BCUT2D eigenvalue weighted by Gasteiger charge is 2.04. The van der Waals surface area contributed by atoms with Gasteiger partial charge in [-0.15, -0.1) is 0 Å². The van der Waals surface area contributed by atoms with Crippen LogP contribution in [-0.2, 0) is 6.54 Å². The van der Waals surface area contributed by atoms with Crippen molar-refractivity contribution in [2.45, 2.75) is 33.7 Å². The van der Waals surface area contributed by atoms with Gasteiger partial charge in [0.25, 0.3) is 0 Å². The summed E-state index contributed by atoms with van der Waals surface area (Å²) in [6.45, 7) is 9.61. The molecule has 0 saturated carbocycles. The minimum atomic E-state index is 0.738. The average molecular weight is 235 g/mol. The van der Waals surface area contributed by atoms with Gasteiger partial charge in [0.1, 0.15) is 5.82 Å². The molecule has 1 aromatic rings. The molecule has 0 aliphatic carbocycles. The van der Waals surface area contributed by atoms with Crippen molar-refractivity contribution in [3.05, 3.63) is 23.9 Å². The van der Waals surface area contributed by atoms with Crippen LogP contribution < -0.4 is 10.2 Å². The van der Waals surface area contributed by atoms with Gasteiger partial charge >= 0.3 is 0 Å². The van der Waals surface area contributed by atoms with Crippen molar-refractivity contribution in [2.24, 2.45) is 5.92 Å². The lowest BCUT2D eigenvalue weighted by molar-refractivity contribution is 0.583. The number of pyridine rings is 1. The van der Waals surface area contributed by atoms with Crippen molar-refractivity contribution in [3.63, 3.8) is 0 Å². The van der Waals surface area contributed by atoms with Crippen molar-refractivity contribution >= 4 is 5.82 Å². The Morgan fingerprint density at radius 1 is 1.41 bits per heavy atom. The van der Waals surface area contributed by atoms with Gasteiger partial charge < -0.3 is 10.2 Å². The van der Waals surface area contributed by atoms with Gasteiger partial charge in [-0.3, -0.25) is 0 Å². The van der Waals surface area contributed by atoms with Gasteiger partial charge in [-0.05, 0) is 36.6 Å². The minimum Gasteiger partial charge on any atom is -0.360 e. The Hall–Kier alpha value is -1.09. The summed E-state index contributed by atoms with van der Waals surface area (Å²) in [5.41, 5.74) is 1.30. The Morgan fingerprint density at radius 2 is 2.18 bits per heavy atom. The second-order valence-corrected chi connectivity index (χ2v) is 4.91. The van der Waals surface area contributed by atoms with Crippen molar-refractivity contribution in [1.82, 2.24) is 10.3 Å². The van der Waals surface area contributed by atoms with Crippen LogP contribution in [0.1, 0.15) is 32.8 Å². The maximum atomic E-state index is 4.42. The largest absolute Gasteiger partial charge is 0.360 e. The van der Waals surface area contributed by atoms with Crippen LogP contribution in [0.3, 0.4) is 0 Å². The van der Waals surface area contributed by atoms with Crippen LogP contribution in [-0.4, -0.2) is 25.1 Å². The molecule has 0 aliphatic rings. The van der Waals surface area contributed by atoms with Crippen molar-refractivity contribution in [2.75, 3.05) is 25.0 Å². The van der Waals surface area contributed by atoms with Gasteiger partial charge in [0.05, 0.1) is 0 Å². The van der Waals surface area contributed by atoms with Crippen molar-refractivity contribution < 1.29 is 0 Å². The first-order valence-electron chi connectivity index (χ1n) is 6.50. The number of hydrogen-bond donors (Lipinski definition) is 1. The van der Waals surface area contributed by atoms with Crippen LogP contribution >= 0.6 is 0 Å². The van der Waals surface area contributed by atoms with Gasteiger partial charge in [-0.25, -0.2) is 4.98 Å². The smallest absolute Gasteiger partial charge is 0.128 e. The number of nitrogens with one attached hydrogen (secondary N) is 1. The van der Waals surface area contributed by atoms with Crippen LogP contribution in [0.25, 0.3) is 0 Å². The average Bonchev–Trinajstić information content (AvgIpc) is 2.33. The summed E-state index contributed by atoms with van der Waals surface area (Å²) in [6.07, 6.45) is 3.10. The number of aromatic nitrogens is 1. The molecule has 1 heterocycles. The summed E-state index contributed by atoms with van der Waals surface area (Å²) in [4.78, 5) is 6.66. The Morgan fingerprint density at radius 3 is 2.82 bits per heavy atom. The molecule has 1 aromatic heterocycles. The highest BCUT2D eigenvalue weighted by molar-refractivity contribution is 5.39. The number of nitrogens with zero attached hydrogens (tertiary/aromatic N) is 2. The van der Waals surface area contributed by atoms with Gasteiger partial charge in [-0.1, -0.05) is 20.8 Å². The lowest BCUT2D eigenvalue weighted by atomic mass is 10.1.